The van der Waals surface area contributed by atoms with Crippen LogP contribution in [0.2, 0.25) is 5.02 Å². The van der Waals surface area contributed by atoms with Crippen LogP contribution in [0.25, 0.3) is 0 Å². The van der Waals surface area contributed by atoms with E-state index in [2.05, 4.69) is 5.32 Å². The van der Waals surface area contributed by atoms with Crippen LogP contribution in [-0.4, -0.2) is 38.1 Å². The molecule has 7 heteroatoms. The molecule has 6 nitrogen and oxygen atoms in total. The third-order valence-electron chi connectivity index (χ3n) is 4.02. The number of ether oxygens (including phenoxy) is 1. The zero-order valence-electron chi connectivity index (χ0n) is 13.6. The van der Waals surface area contributed by atoms with Gasteiger partial charge in [0.05, 0.1) is 30.9 Å². The van der Waals surface area contributed by atoms with Crippen LogP contribution in [0.4, 0.5) is 5.69 Å². The van der Waals surface area contributed by atoms with E-state index in [4.69, 9.17) is 21.6 Å². The van der Waals surface area contributed by atoms with Gasteiger partial charge in [-0.3, -0.25) is 9.59 Å². The average molecular weight is 351 g/mol. The van der Waals surface area contributed by atoms with Crippen LogP contribution in [0, 0.1) is 17.2 Å². The summed E-state index contributed by atoms with van der Waals surface area (Å²) in [4.78, 5) is 25.2. The Balaban J connectivity index is 1.94. The Bertz CT molecular complexity index is 657. The minimum atomic E-state index is -0.201. The Kier molecular flexibility index (Phi) is 6.59. The number of nitriles is 1. The maximum absolute atomic E-state index is 12.3. The quantitative estimate of drug-likeness (QED) is 0.776. The van der Waals surface area contributed by atoms with Gasteiger partial charge < -0.3 is 15.0 Å². The monoisotopic (exact) mass is 350 g/mol. The van der Waals surface area contributed by atoms with Gasteiger partial charge in [0.2, 0.25) is 0 Å². The molecule has 1 heterocycles. The number of amides is 1. The standard InChI is InChI=1S/C17H20ClN3O3/c1-2-24-17(23)13-4-3-7-21(10-13)11-16(22)20-15-8-14(18)6-5-12(15)9-19/h5-6,8,13H,2-4,7,10-11H2,1H3,(H,20,22)/p+1/t13-/m0/s1. The van der Waals surface area contributed by atoms with Gasteiger partial charge in [0.25, 0.3) is 5.91 Å². The molecular weight excluding hydrogens is 330 g/mol. The number of esters is 1. The molecule has 0 aliphatic carbocycles. The van der Waals surface area contributed by atoms with Crippen molar-refractivity contribution in [1.82, 2.24) is 0 Å². The van der Waals surface area contributed by atoms with Gasteiger partial charge in [-0.25, -0.2) is 0 Å². The average Bonchev–Trinajstić information content (AvgIpc) is 2.55. The molecule has 1 saturated heterocycles. The summed E-state index contributed by atoms with van der Waals surface area (Å²) in [5.74, 6) is -0.535. The molecule has 1 aromatic rings. The van der Waals surface area contributed by atoms with Gasteiger partial charge in [-0.15, -0.1) is 0 Å². The van der Waals surface area contributed by atoms with E-state index in [1.807, 2.05) is 6.07 Å². The van der Waals surface area contributed by atoms with E-state index in [9.17, 15) is 9.59 Å². The van der Waals surface area contributed by atoms with Crippen molar-refractivity contribution in [2.45, 2.75) is 19.8 Å². The predicted molar refractivity (Wildman–Crippen MR) is 89.7 cm³/mol. The molecule has 1 fully saturated rings. The van der Waals surface area contributed by atoms with Crippen LogP contribution in [0.15, 0.2) is 18.2 Å². The van der Waals surface area contributed by atoms with Gasteiger partial charge in [-0.2, -0.15) is 5.26 Å². The summed E-state index contributed by atoms with van der Waals surface area (Å²) < 4.78 is 5.07. The number of carbonyl (C=O) groups excluding carboxylic acids is 2. The van der Waals surface area contributed by atoms with Crippen LogP contribution in [-0.2, 0) is 14.3 Å². The van der Waals surface area contributed by atoms with E-state index >= 15 is 0 Å². The highest BCUT2D eigenvalue weighted by Gasteiger charge is 2.30. The minimum absolute atomic E-state index is 0.151. The number of benzene rings is 1. The van der Waals surface area contributed by atoms with Crippen molar-refractivity contribution >= 4 is 29.2 Å². The lowest BCUT2D eigenvalue weighted by atomic mass is 9.98. The van der Waals surface area contributed by atoms with Crippen LogP contribution in [0.1, 0.15) is 25.3 Å². The van der Waals surface area contributed by atoms with Gasteiger partial charge >= 0.3 is 5.97 Å². The molecule has 0 radical (unpaired) electrons. The van der Waals surface area contributed by atoms with E-state index in [1.54, 1.807) is 25.1 Å². The number of quaternary nitrogens is 1. The molecule has 2 atom stereocenters. The summed E-state index contributed by atoms with van der Waals surface area (Å²) in [6.07, 6.45) is 1.68. The third kappa shape index (κ3) is 4.95. The van der Waals surface area contributed by atoms with Crippen molar-refractivity contribution in [3.63, 3.8) is 0 Å². The molecule has 128 valence electrons. The first-order valence-electron chi connectivity index (χ1n) is 8.03. The normalized spacial score (nSPS) is 20.0. The predicted octanol–water partition coefficient (Wildman–Crippen LogP) is 1.01. The van der Waals surface area contributed by atoms with Gasteiger partial charge in [-0.05, 0) is 38.0 Å². The zero-order chi connectivity index (χ0) is 17.5. The van der Waals surface area contributed by atoms with Gasteiger partial charge in [0.1, 0.15) is 12.0 Å². The second kappa shape index (κ2) is 8.67. The SMILES string of the molecule is CCOC(=O)[C@H]1CCC[NH+](CC(=O)Nc2cc(Cl)ccc2C#N)C1. The number of nitrogens with zero attached hydrogens (tertiary/aromatic N) is 1. The maximum Gasteiger partial charge on any atom is 0.314 e. The fourth-order valence-electron chi connectivity index (χ4n) is 2.91. The van der Waals surface area contributed by atoms with Crippen molar-refractivity contribution in [2.75, 3.05) is 31.6 Å². The first-order chi connectivity index (χ1) is 11.5. The lowest BCUT2D eigenvalue weighted by Crippen LogP contribution is -3.14. The fourth-order valence-corrected chi connectivity index (χ4v) is 3.08. The summed E-state index contributed by atoms with van der Waals surface area (Å²) in [5.41, 5.74) is 0.777. The van der Waals surface area contributed by atoms with Crippen LogP contribution in [0.5, 0.6) is 0 Å². The van der Waals surface area contributed by atoms with E-state index in [0.717, 1.165) is 24.3 Å². The van der Waals surface area contributed by atoms with Gasteiger partial charge in [0.15, 0.2) is 6.54 Å². The molecule has 1 unspecified atom stereocenters. The second-order valence-electron chi connectivity index (χ2n) is 5.82. The molecule has 0 saturated carbocycles. The summed E-state index contributed by atoms with van der Waals surface area (Å²) in [6, 6.07) is 6.77. The second-order valence-corrected chi connectivity index (χ2v) is 6.26. The van der Waals surface area contributed by atoms with E-state index in [-0.39, 0.29) is 24.3 Å². The molecule has 0 aromatic heterocycles. The van der Waals surface area contributed by atoms with Crippen molar-refractivity contribution in [1.29, 1.82) is 5.26 Å². The highest BCUT2D eigenvalue weighted by Crippen LogP contribution is 2.20. The Labute approximate surface area is 146 Å². The van der Waals surface area contributed by atoms with E-state index in [0.29, 0.717) is 29.4 Å². The Morgan fingerprint density at radius 3 is 3.00 bits per heavy atom. The smallest absolute Gasteiger partial charge is 0.314 e. The summed E-state index contributed by atoms with van der Waals surface area (Å²) >= 11 is 5.92. The van der Waals surface area contributed by atoms with Crippen molar-refractivity contribution in [3.05, 3.63) is 28.8 Å². The molecule has 24 heavy (non-hydrogen) atoms. The van der Waals surface area contributed by atoms with E-state index in [1.165, 1.54) is 0 Å². The molecular formula is C17H21ClN3O3+. The lowest BCUT2D eigenvalue weighted by Gasteiger charge is -2.28. The lowest BCUT2D eigenvalue weighted by molar-refractivity contribution is -0.899. The largest absolute Gasteiger partial charge is 0.466 e. The topological polar surface area (TPSA) is 83.6 Å². The number of carbonyl (C=O) groups is 2. The number of likely N-dealkylation sites (tertiary alicyclic amines) is 1. The maximum atomic E-state index is 12.3. The molecule has 1 aliphatic heterocycles. The van der Waals surface area contributed by atoms with Crippen molar-refractivity contribution in [2.24, 2.45) is 5.92 Å². The Morgan fingerprint density at radius 1 is 1.50 bits per heavy atom. The number of anilines is 1. The number of hydrogen-bond acceptors (Lipinski definition) is 4. The summed E-state index contributed by atoms with van der Waals surface area (Å²) in [6.45, 7) is 3.83. The molecule has 0 bridgehead atoms. The fraction of sp³-hybridized carbons (Fsp3) is 0.471. The number of nitrogens with one attached hydrogen (secondary N) is 2. The van der Waals surface area contributed by atoms with Crippen molar-refractivity contribution in [3.8, 4) is 6.07 Å². The number of hydrogen-bond donors (Lipinski definition) is 2. The van der Waals surface area contributed by atoms with E-state index < -0.39 is 0 Å². The molecule has 1 aliphatic rings. The highest BCUT2D eigenvalue weighted by molar-refractivity contribution is 6.31. The number of piperidine rings is 1. The summed E-state index contributed by atoms with van der Waals surface area (Å²) in [5, 5.41) is 12.3. The highest BCUT2D eigenvalue weighted by atomic mass is 35.5. The third-order valence-corrected chi connectivity index (χ3v) is 4.26. The van der Waals surface area contributed by atoms with Crippen LogP contribution < -0.4 is 10.2 Å². The number of halogens is 1. The molecule has 1 amide bonds. The first kappa shape index (κ1) is 18.2. The molecule has 2 rings (SSSR count). The zero-order valence-corrected chi connectivity index (χ0v) is 14.4. The first-order valence-corrected chi connectivity index (χ1v) is 8.41. The Hall–Kier alpha value is -2.10. The molecule has 0 spiro atoms. The van der Waals surface area contributed by atoms with Gasteiger partial charge in [0, 0.05) is 5.02 Å². The Morgan fingerprint density at radius 2 is 2.29 bits per heavy atom. The minimum Gasteiger partial charge on any atom is -0.466 e. The van der Waals surface area contributed by atoms with Gasteiger partial charge in [-0.1, -0.05) is 11.6 Å². The van der Waals surface area contributed by atoms with Crippen LogP contribution >= 0.6 is 11.6 Å². The molecule has 2 N–H and O–H groups in total. The van der Waals surface area contributed by atoms with Crippen LogP contribution in [0.3, 0.4) is 0 Å². The van der Waals surface area contributed by atoms with Crippen molar-refractivity contribution < 1.29 is 19.2 Å². The number of rotatable bonds is 5. The molecule has 1 aromatic carbocycles. The summed E-state index contributed by atoms with van der Waals surface area (Å²) in [7, 11) is 0.